The highest BCUT2D eigenvalue weighted by Crippen LogP contribution is 2.36. The molecule has 6 rings (SSSR count). The number of aromatic nitrogens is 1. The van der Waals surface area contributed by atoms with E-state index in [1.807, 2.05) is 68.4 Å². The predicted octanol–water partition coefficient (Wildman–Crippen LogP) is 6.45. The number of nitrogens with zero attached hydrogens (tertiary/aromatic N) is 2. The number of rotatable bonds is 12. The monoisotopic (exact) mass is 678 g/mol. The highest BCUT2D eigenvalue weighted by Gasteiger charge is 2.35. The van der Waals surface area contributed by atoms with Gasteiger partial charge in [0.05, 0.1) is 41.7 Å². The minimum absolute atomic E-state index is 0.0305. The van der Waals surface area contributed by atoms with Gasteiger partial charge in [0.15, 0.2) is 16.3 Å². The molecule has 8 nitrogen and oxygen atoms in total. The summed E-state index contributed by atoms with van der Waals surface area (Å²) in [4.78, 5) is 33.4. The second-order valence-electron chi connectivity index (χ2n) is 11.0. The molecule has 1 atom stereocenters. The van der Waals surface area contributed by atoms with E-state index in [0.29, 0.717) is 62.2 Å². The second-order valence-corrected chi connectivity index (χ2v) is 12.0. The molecule has 4 aromatic carbocycles. The molecule has 5 aromatic rings. The number of halogens is 1. The third-order valence-electron chi connectivity index (χ3n) is 7.79. The summed E-state index contributed by atoms with van der Waals surface area (Å²) in [5, 5.41) is 0. The van der Waals surface area contributed by atoms with Gasteiger partial charge >= 0.3 is 5.97 Å². The van der Waals surface area contributed by atoms with E-state index >= 15 is 0 Å². The molecule has 0 saturated heterocycles. The van der Waals surface area contributed by atoms with E-state index < -0.39 is 12.0 Å². The lowest BCUT2D eigenvalue weighted by molar-refractivity contribution is -0.138. The molecule has 1 aliphatic rings. The standard InChI is InChI=1S/C39H35FN2O6S/c1-4-45-29-19-17-27(18-20-29)36-34(38(44)47-6-3)35(26-12-8-7-9-13-26)41-39-42(36)37(43)33(49-39)23-25-16-21-31(32(22-25)46-5-2)48-24-28-14-10-11-15-30(28)40/h7-23,36H,4-6,24H2,1-3H3/b33-23-/t36-/m1/s1. The Bertz CT molecular complexity index is 2170. The minimum atomic E-state index is -0.809. The van der Waals surface area contributed by atoms with Crippen molar-refractivity contribution in [1.82, 2.24) is 4.57 Å². The fourth-order valence-electron chi connectivity index (χ4n) is 5.59. The van der Waals surface area contributed by atoms with Gasteiger partial charge in [0, 0.05) is 11.1 Å². The third kappa shape index (κ3) is 7.19. The number of ether oxygens (including phenoxy) is 4. The van der Waals surface area contributed by atoms with E-state index in [2.05, 4.69) is 0 Å². The number of fused-ring (bicyclic) bond motifs is 1. The van der Waals surface area contributed by atoms with Crippen LogP contribution < -0.4 is 29.1 Å². The normalized spacial score (nSPS) is 14.2. The highest BCUT2D eigenvalue weighted by atomic mass is 32.1. The van der Waals surface area contributed by atoms with Gasteiger partial charge in [-0.05, 0) is 68.3 Å². The van der Waals surface area contributed by atoms with E-state index in [1.165, 1.54) is 17.4 Å². The first-order valence-corrected chi connectivity index (χ1v) is 16.9. The zero-order valence-corrected chi connectivity index (χ0v) is 28.2. The number of benzene rings is 4. The van der Waals surface area contributed by atoms with Gasteiger partial charge in [-0.1, -0.05) is 78.1 Å². The molecule has 0 fully saturated rings. The Morgan fingerprint density at radius 2 is 1.59 bits per heavy atom. The van der Waals surface area contributed by atoms with Crippen LogP contribution in [0.15, 0.2) is 112 Å². The van der Waals surface area contributed by atoms with Crippen molar-refractivity contribution in [1.29, 1.82) is 0 Å². The van der Waals surface area contributed by atoms with Crippen molar-refractivity contribution in [3.8, 4) is 17.2 Å². The van der Waals surface area contributed by atoms with Crippen molar-refractivity contribution < 1.29 is 28.1 Å². The lowest BCUT2D eigenvalue weighted by Crippen LogP contribution is -2.40. The van der Waals surface area contributed by atoms with Gasteiger partial charge in [0.1, 0.15) is 18.2 Å². The van der Waals surface area contributed by atoms with Crippen LogP contribution in [0.5, 0.6) is 17.2 Å². The number of thiazole rings is 1. The van der Waals surface area contributed by atoms with E-state index in [1.54, 1.807) is 54.0 Å². The molecule has 0 bridgehead atoms. The maximum Gasteiger partial charge on any atom is 0.338 e. The van der Waals surface area contributed by atoms with Crippen LogP contribution in [0.2, 0.25) is 0 Å². The first kappa shape index (κ1) is 33.4. The molecule has 0 N–H and O–H groups in total. The topological polar surface area (TPSA) is 88.4 Å². The van der Waals surface area contributed by atoms with Crippen LogP contribution in [0.3, 0.4) is 0 Å². The quantitative estimate of drug-likeness (QED) is 0.141. The Labute approximate surface area is 287 Å². The van der Waals surface area contributed by atoms with Crippen molar-refractivity contribution >= 4 is 29.1 Å². The number of esters is 1. The predicted molar refractivity (Wildman–Crippen MR) is 187 cm³/mol. The Hall–Kier alpha value is -5.48. The largest absolute Gasteiger partial charge is 0.494 e. The Kier molecular flexibility index (Phi) is 10.3. The fourth-order valence-corrected chi connectivity index (χ4v) is 6.59. The summed E-state index contributed by atoms with van der Waals surface area (Å²) in [6, 6.07) is 27.7. The molecule has 250 valence electrons. The first-order valence-electron chi connectivity index (χ1n) is 16.1. The Morgan fingerprint density at radius 3 is 2.31 bits per heavy atom. The molecular formula is C39H35FN2O6S. The lowest BCUT2D eigenvalue weighted by atomic mass is 9.93. The van der Waals surface area contributed by atoms with Gasteiger partial charge in [-0.25, -0.2) is 14.2 Å². The van der Waals surface area contributed by atoms with Crippen molar-refractivity contribution in [3.63, 3.8) is 0 Å². The summed E-state index contributed by atoms with van der Waals surface area (Å²) in [5.41, 5.74) is 2.96. The molecule has 0 amide bonds. The van der Waals surface area contributed by atoms with Crippen LogP contribution >= 0.6 is 11.3 Å². The zero-order valence-electron chi connectivity index (χ0n) is 27.4. The minimum Gasteiger partial charge on any atom is -0.494 e. The number of hydrogen-bond donors (Lipinski definition) is 0. The van der Waals surface area contributed by atoms with Crippen molar-refractivity contribution in [2.45, 2.75) is 33.4 Å². The van der Waals surface area contributed by atoms with Gasteiger partial charge in [-0.15, -0.1) is 0 Å². The van der Waals surface area contributed by atoms with E-state index in [0.717, 1.165) is 5.56 Å². The summed E-state index contributed by atoms with van der Waals surface area (Å²) in [7, 11) is 0. The molecule has 49 heavy (non-hydrogen) atoms. The van der Waals surface area contributed by atoms with Crippen molar-refractivity contribution in [2.75, 3.05) is 19.8 Å². The molecule has 1 aliphatic heterocycles. The van der Waals surface area contributed by atoms with Crippen LogP contribution in [-0.4, -0.2) is 30.4 Å². The molecule has 0 unspecified atom stereocenters. The third-order valence-corrected chi connectivity index (χ3v) is 8.77. The summed E-state index contributed by atoms with van der Waals surface area (Å²) < 4.78 is 39.2. The summed E-state index contributed by atoms with van der Waals surface area (Å²) in [5.74, 6) is 0.688. The van der Waals surface area contributed by atoms with E-state index in [9.17, 15) is 14.0 Å². The molecule has 0 spiro atoms. The molecule has 2 heterocycles. The highest BCUT2D eigenvalue weighted by molar-refractivity contribution is 7.07. The first-order chi connectivity index (χ1) is 23.9. The average molecular weight is 679 g/mol. The second kappa shape index (κ2) is 15.2. The summed E-state index contributed by atoms with van der Waals surface area (Å²) >= 11 is 1.23. The maximum atomic E-state index is 14.3. The number of carbonyl (C=O) groups is 1. The fraction of sp³-hybridized carbons (Fsp3) is 0.205. The molecule has 0 radical (unpaired) electrons. The maximum absolute atomic E-state index is 14.3. The van der Waals surface area contributed by atoms with Gasteiger partial charge < -0.3 is 18.9 Å². The molecule has 1 aromatic heterocycles. The Balaban J connectivity index is 1.48. The van der Waals surface area contributed by atoms with Gasteiger partial charge in [-0.3, -0.25) is 9.36 Å². The molecular weight excluding hydrogens is 644 g/mol. The molecule has 0 saturated carbocycles. The van der Waals surface area contributed by atoms with Crippen LogP contribution in [0.25, 0.3) is 11.8 Å². The number of hydrogen-bond acceptors (Lipinski definition) is 8. The SMILES string of the molecule is CCOC(=O)C1=C(c2ccccc2)N=c2s/c(=C\c3ccc(OCc4ccccc4F)c(OCC)c3)c(=O)n2[C@@H]1c1ccc(OCC)cc1. The van der Waals surface area contributed by atoms with Crippen molar-refractivity contribution in [3.05, 3.63) is 150 Å². The number of carbonyl (C=O) groups excluding carboxylic acids is 1. The van der Waals surface area contributed by atoms with E-state index in [-0.39, 0.29) is 30.2 Å². The van der Waals surface area contributed by atoms with Crippen LogP contribution in [-0.2, 0) is 16.1 Å². The van der Waals surface area contributed by atoms with Gasteiger partial charge in [0.25, 0.3) is 5.56 Å². The Morgan fingerprint density at radius 1 is 0.857 bits per heavy atom. The smallest absolute Gasteiger partial charge is 0.338 e. The molecule has 0 aliphatic carbocycles. The van der Waals surface area contributed by atoms with Crippen molar-refractivity contribution in [2.24, 2.45) is 4.99 Å². The zero-order chi connectivity index (χ0) is 34.3. The van der Waals surface area contributed by atoms with Crippen LogP contribution in [0.1, 0.15) is 49.1 Å². The summed E-state index contributed by atoms with van der Waals surface area (Å²) in [6.45, 7) is 6.58. The van der Waals surface area contributed by atoms with Crippen LogP contribution in [0, 0.1) is 5.82 Å². The summed E-state index contributed by atoms with van der Waals surface area (Å²) in [6.07, 6.45) is 1.76. The van der Waals surface area contributed by atoms with Gasteiger partial charge in [0.2, 0.25) is 0 Å². The van der Waals surface area contributed by atoms with E-state index in [4.69, 9.17) is 23.9 Å². The molecule has 10 heteroatoms. The van der Waals surface area contributed by atoms with Gasteiger partial charge in [-0.2, -0.15) is 0 Å². The average Bonchev–Trinajstić information content (AvgIpc) is 3.42. The lowest BCUT2D eigenvalue weighted by Gasteiger charge is -2.26. The van der Waals surface area contributed by atoms with Crippen LogP contribution in [0.4, 0.5) is 4.39 Å².